The van der Waals surface area contributed by atoms with E-state index in [1.807, 2.05) is 37.3 Å². The molecule has 5 nitrogen and oxygen atoms in total. The number of sulfonamides is 1. The molecule has 1 N–H and O–H groups in total. The van der Waals surface area contributed by atoms with Crippen LogP contribution in [0.15, 0.2) is 77.8 Å². The largest absolute Gasteiger partial charge is 0.457 e. The summed E-state index contributed by atoms with van der Waals surface area (Å²) in [6.07, 6.45) is 1.61. The Morgan fingerprint density at radius 3 is 2.17 bits per heavy atom. The van der Waals surface area contributed by atoms with Gasteiger partial charge in [-0.2, -0.15) is 0 Å². The minimum atomic E-state index is -3.68. The molecule has 1 heterocycles. The van der Waals surface area contributed by atoms with Crippen LogP contribution in [0.1, 0.15) is 5.56 Å². The number of benzene rings is 2. The van der Waals surface area contributed by atoms with E-state index in [2.05, 4.69) is 9.71 Å². The summed E-state index contributed by atoms with van der Waals surface area (Å²) in [7, 11) is -3.68. The zero-order valence-corrected chi connectivity index (χ0v) is 13.8. The third-order valence-corrected chi connectivity index (χ3v) is 4.63. The maximum absolute atomic E-state index is 12.4. The van der Waals surface area contributed by atoms with Crippen molar-refractivity contribution in [3.8, 4) is 11.5 Å². The minimum absolute atomic E-state index is 0.144. The van der Waals surface area contributed by atoms with Crippen LogP contribution in [0.2, 0.25) is 0 Å². The third-order valence-electron chi connectivity index (χ3n) is 3.26. The van der Waals surface area contributed by atoms with Crippen molar-refractivity contribution in [2.75, 3.05) is 4.72 Å². The molecule has 0 atom stereocenters. The number of anilines is 1. The average molecular weight is 340 g/mol. The lowest BCUT2D eigenvalue weighted by atomic mass is 10.3. The molecule has 0 aliphatic heterocycles. The van der Waals surface area contributed by atoms with Crippen molar-refractivity contribution in [1.82, 2.24) is 4.98 Å². The number of nitrogens with zero attached hydrogens (tertiary/aromatic N) is 1. The van der Waals surface area contributed by atoms with Crippen molar-refractivity contribution in [3.05, 3.63) is 78.5 Å². The molecule has 122 valence electrons. The van der Waals surface area contributed by atoms with E-state index in [9.17, 15) is 8.42 Å². The number of pyridine rings is 1. The van der Waals surface area contributed by atoms with Crippen molar-refractivity contribution in [2.24, 2.45) is 0 Å². The summed E-state index contributed by atoms with van der Waals surface area (Å²) >= 11 is 0. The lowest BCUT2D eigenvalue weighted by Gasteiger charge is -2.09. The molecule has 0 saturated carbocycles. The first kappa shape index (κ1) is 16.0. The summed E-state index contributed by atoms with van der Waals surface area (Å²) in [5.41, 5.74) is 0.959. The molecule has 0 saturated heterocycles. The molecule has 0 amide bonds. The van der Waals surface area contributed by atoms with E-state index in [4.69, 9.17) is 4.74 Å². The second-order valence-corrected chi connectivity index (χ2v) is 6.90. The van der Waals surface area contributed by atoms with Gasteiger partial charge < -0.3 is 4.74 Å². The number of hydrogen-bond acceptors (Lipinski definition) is 4. The molecule has 6 heteroatoms. The van der Waals surface area contributed by atoms with Crippen molar-refractivity contribution < 1.29 is 13.2 Å². The number of ether oxygens (including phenoxy) is 1. The fourth-order valence-electron chi connectivity index (χ4n) is 2.04. The summed E-state index contributed by atoms with van der Waals surface area (Å²) in [5.74, 6) is 1.54. The van der Waals surface area contributed by atoms with E-state index in [1.165, 1.54) is 12.1 Å². The smallest absolute Gasteiger partial charge is 0.263 e. The van der Waals surface area contributed by atoms with Gasteiger partial charge in [-0.15, -0.1) is 0 Å². The molecule has 0 fully saturated rings. The Balaban J connectivity index is 1.75. The predicted molar refractivity (Wildman–Crippen MR) is 92.7 cm³/mol. The lowest BCUT2D eigenvalue weighted by molar-refractivity contribution is 0.482. The second kappa shape index (κ2) is 6.72. The molecule has 0 radical (unpaired) electrons. The first-order valence-corrected chi connectivity index (χ1v) is 8.80. The fourth-order valence-corrected chi connectivity index (χ4v) is 3.04. The first-order valence-electron chi connectivity index (χ1n) is 7.31. The summed E-state index contributed by atoms with van der Waals surface area (Å²) < 4.78 is 32.8. The summed E-state index contributed by atoms with van der Waals surface area (Å²) in [4.78, 5) is 4.19. The van der Waals surface area contributed by atoms with Crippen LogP contribution in [0.25, 0.3) is 0 Å². The van der Waals surface area contributed by atoms with Gasteiger partial charge in [0.15, 0.2) is 0 Å². The minimum Gasteiger partial charge on any atom is -0.457 e. The Bertz CT molecular complexity index is 907. The number of hydrogen-bond donors (Lipinski definition) is 1. The SMILES string of the molecule is Cc1ccc(NS(=O)(=O)c2ccc(Oc3ccccc3)cc2)nc1. The van der Waals surface area contributed by atoms with Gasteiger partial charge in [0.2, 0.25) is 0 Å². The normalized spacial score (nSPS) is 11.0. The maximum atomic E-state index is 12.4. The quantitative estimate of drug-likeness (QED) is 0.763. The van der Waals surface area contributed by atoms with Crippen LogP contribution in [0.5, 0.6) is 11.5 Å². The molecular formula is C18H16N2O3S. The molecular weight excluding hydrogens is 324 g/mol. The number of rotatable bonds is 5. The fraction of sp³-hybridized carbons (Fsp3) is 0.0556. The highest BCUT2D eigenvalue weighted by Crippen LogP contribution is 2.23. The van der Waals surface area contributed by atoms with E-state index in [1.54, 1.807) is 30.5 Å². The van der Waals surface area contributed by atoms with Crippen molar-refractivity contribution in [3.63, 3.8) is 0 Å². The van der Waals surface area contributed by atoms with Gasteiger partial charge in [-0.1, -0.05) is 24.3 Å². The van der Waals surface area contributed by atoms with Gasteiger partial charge in [0, 0.05) is 6.20 Å². The molecule has 0 spiro atoms. The first-order chi connectivity index (χ1) is 11.5. The van der Waals surface area contributed by atoms with Crippen molar-refractivity contribution >= 4 is 15.8 Å². The Hall–Kier alpha value is -2.86. The molecule has 3 aromatic rings. The van der Waals surface area contributed by atoms with Crippen LogP contribution < -0.4 is 9.46 Å². The van der Waals surface area contributed by atoms with E-state index in [0.717, 1.165) is 5.56 Å². The van der Waals surface area contributed by atoms with Gasteiger partial charge in [-0.25, -0.2) is 13.4 Å². The molecule has 0 bridgehead atoms. The summed E-state index contributed by atoms with van der Waals surface area (Å²) in [5, 5.41) is 0. The van der Waals surface area contributed by atoms with Gasteiger partial charge in [-0.05, 0) is 55.0 Å². The molecule has 3 rings (SSSR count). The molecule has 0 aliphatic carbocycles. The molecule has 0 aliphatic rings. The van der Waals surface area contributed by atoms with Gasteiger partial charge in [-0.3, -0.25) is 4.72 Å². The summed E-state index contributed by atoms with van der Waals surface area (Å²) in [6.45, 7) is 1.89. The van der Waals surface area contributed by atoms with Gasteiger partial charge in [0.25, 0.3) is 10.0 Å². The monoisotopic (exact) mass is 340 g/mol. The number of nitrogens with one attached hydrogen (secondary N) is 1. The van der Waals surface area contributed by atoms with E-state index >= 15 is 0 Å². The zero-order valence-electron chi connectivity index (χ0n) is 13.0. The Morgan fingerprint density at radius 2 is 1.54 bits per heavy atom. The topological polar surface area (TPSA) is 68.3 Å². The standard InChI is InChI=1S/C18H16N2O3S/c1-14-7-12-18(19-13-14)20-24(21,22)17-10-8-16(9-11-17)23-15-5-3-2-4-6-15/h2-13H,1H3,(H,19,20). The second-order valence-electron chi connectivity index (χ2n) is 5.21. The van der Waals surface area contributed by atoms with E-state index < -0.39 is 10.0 Å². The zero-order chi connectivity index (χ0) is 17.0. The summed E-state index contributed by atoms with van der Waals surface area (Å²) in [6, 6.07) is 18.9. The van der Waals surface area contributed by atoms with E-state index in [0.29, 0.717) is 11.5 Å². The maximum Gasteiger partial charge on any atom is 0.263 e. The van der Waals surface area contributed by atoms with E-state index in [-0.39, 0.29) is 10.7 Å². The highest BCUT2D eigenvalue weighted by atomic mass is 32.2. The van der Waals surface area contributed by atoms with Crippen LogP contribution in [0, 0.1) is 6.92 Å². The van der Waals surface area contributed by atoms with Gasteiger partial charge >= 0.3 is 0 Å². The highest BCUT2D eigenvalue weighted by molar-refractivity contribution is 7.92. The molecule has 24 heavy (non-hydrogen) atoms. The van der Waals surface area contributed by atoms with Crippen LogP contribution in [-0.2, 0) is 10.0 Å². The van der Waals surface area contributed by atoms with Crippen LogP contribution in [0.3, 0.4) is 0 Å². The van der Waals surface area contributed by atoms with Crippen LogP contribution in [-0.4, -0.2) is 13.4 Å². The predicted octanol–water partition coefficient (Wildman–Crippen LogP) is 3.98. The molecule has 1 aromatic heterocycles. The van der Waals surface area contributed by atoms with Gasteiger partial charge in [0.1, 0.15) is 17.3 Å². The van der Waals surface area contributed by atoms with Crippen molar-refractivity contribution in [1.29, 1.82) is 0 Å². The molecule has 2 aromatic carbocycles. The Labute approximate surface area is 141 Å². The lowest BCUT2D eigenvalue weighted by Crippen LogP contribution is -2.13. The molecule has 0 unspecified atom stereocenters. The highest BCUT2D eigenvalue weighted by Gasteiger charge is 2.14. The Morgan fingerprint density at radius 1 is 0.875 bits per heavy atom. The van der Waals surface area contributed by atoms with Gasteiger partial charge in [0.05, 0.1) is 4.90 Å². The number of aromatic nitrogens is 1. The van der Waals surface area contributed by atoms with Crippen LogP contribution in [0.4, 0.5) is 5.82 Å². The van der Waals surface area contributed by atoms with Crippen LogP contribution >= 0.6 is 0 Å². The number of para-hydroxylation sites is 1. The number of aryl methyl sites for hydroxylation is 1. The average Bonchev–Trinajstić information content (AvgIpc) is 2.58. The third kappa shape index (κ3) is 3.91. The Kier molecular flexibility index (Phi) is 4.48. The van der Waals surface area contributed by atoms with Crippen molar-refractivity contribution in [2.45, 2.75) is 11.8 Å².